The minimum atomic E-state index is 0.439. The molecule has 0 heteroatoms. The highest BCUT2D eigenvalue weighted by Crippen LogP contribution is 2.24. The lowest BCUT2D eigenvalue weighted by atomic mass is 9.87. The van der Waals surface area contributed by atoms with Gasteiger partial charge >= 0.3 is 0 Å². The Morgan fingerprint density at radius 2 is 1.83 bits per heavy atom. The summed E-state index contributed by atoms with van der Waals surface area (Å²) < 4.78 is 0. The molecule has 0 bridgehead atoms. The SMILES string of the molecule is CCC(C)C=C(C)CC(C)(C)C. The van der Waals surface area contributed by atoms with Crippen LogP contribution in [0.1, 0.15) is 54.4 Å². The van der Waals surface area contributed by atoms with Crippen molar-refractivity contribution in [3.63, 3.8) is 0 Å². The lowest BCUT2D eigenvalue weighted by Crippen LogP contribution is -2.05. The molecule has 72 valence electrons. The monoisotopic (exact) mass is 168 g/mol. The second-order valence-corrected chi connectivity index (χ2v) is 5.14. The maximum atomic E-state index is 2.41. The fraction of sp³-hybridized carbons (Fsp3) is 0.833. The fourth-order valence-corrected chi connectivity index (χ4v) is 1.50. The Hall–Kier alpha value is -0.260. The van der Waals surface area contributed by atoms with Gasteiger partial charge in [0.25, 0.3) is 0 Å². The molecule has 0 amide bonds. The van der Waals surface area contributed by atoms with Crippen molar-refractivity contribution in [2.45, 2.75) is 54.4 Å². The van der Waals surface area contributed by atoms with Crippen LogP contribution in [0, 0.1) is 11.3 Å². The molecule has 1 atom stereocenters. The van der Waals surface area contributed by atoms with E-state index in [1.807, 2.05) is 0 Å². The molecule has 0 rings (SSSR count). The van der Waals surface area contributed by atoms with Gasteiger partial charge in [0.1, 0.15) is 0 Å². The van der Waals surface area contributed by atoms with Gasteiger partial charge in [-0.05, 0) is 24.7 Å². The number of allylic oxidation sites excluding steroid dienone is 2. The average molecular weight is 168 g/mol. The normalized spacial score (nSPS) is 16.3. The van der Waals surface area contributed by atoms with Gasteiger partial charge in [-0.3, -0.25) is 0 Å². The largest absolute Gasteiger partial charge is 0.0828 e. The molecule has 0 aromatic heterocycles. The minimum absolute atomic E-state index is 0.439. The van der Waals surface area contributed by atoms with Crippen LogP contribution in [0.2, 0.25) is 0 Å². The van der Waals surface area contributed by atoms with E-state index < -0.39 is 0 Å². The van der Waals surface area contributed by atoms with E-state index in [9.17, 15) is 0 Å². The summed E-state index contributed by atoms with van der Waals surface area (Å²) in [4.78, 5) is 0. The summed E-state index contributed by atoms with van der Waals surface area (Å²) in [7, 11) is 0. The topological polar surface area (TPSA) is 0 Å². The highest BCUT2D eigenvalue weighted by molar-refractivity contribution is 5.02. The number of hydrogen-bond donors (Lipinski definition) is 0. The van der Waals surface area contributed by atoms with Gasteiger partial charge in [-0.15, -0.1) is 0 Å². The van der Waals surface area contributed by atoms with E-state index in [0.717, 1.165) is 5.92 Å². The Bertz CT molecular complexity index is 146. The van der Waals surface area contributed by atoms with Gasteiger partial charge in [0.2, 0.25) is 0 Å². The molecule has 0 heterocycles. The van der Waals surface area contributed by atoms with Gasteiger partial charge < -0.3 is 0 Å². The van der Waals surface area contributed by atoms with Crippen molar-refractivity contribution in [2.24, 2.45) is 11.3 Å². The van der Waals surface area contributed by atoms with Crippen LogP contribution in [0.25, 0.3) is 0 Å². The third-order valence-electron chi connectivity index (χ3n) is 2.02. The average Bonchev–Trinajstić information content (AvgIpc) is 1.82. The lowest BCUT2D eigenvalue weighted by Gasteiger charge is -2.19. The third kappa shape index (κ3) is 6.45. The van der Waals surface area contributed by atoms with Crippen LogP contribution in [0.5, 0.6) is 0 Å². The van der Waals surface area contributed by atoms with Crippen molar-refractivity contribution >= 4 is 0 Å². The Labute approximate surface area is 78.1 Å². The van der Waals surface area contributed by atoms with Crippen molar-refractivity contribution in [2.75, 3.05) is 0 Å². The molecule has 0 aliphatic rings. The Morgan fingerprint density at radius 1 is 1.33 bits per heavy atom. The molecule has 0 aromatic rings. The Balaban J connectivity index is 4.02. The first-order valence-electron chi connectivity index (χ1n) is 5.02. The summed E-state index contributed by atoms with van der Waals surface area (Å²) in [6.45, 7) is 13.7. The molecule has 0 N–H and O–H groups in total. The Morgan fingerprint density at radius 3 is 2.17 bits per heavy atom. The van der Waals surface area contributed by atoms with E-state index in [1.165, 1.54) is 18.4 Å². The van der Waals surface area contributed by atoms with Crippen LogP contribution in [0.3, 0.4) is 0 Å². The second kappa shape index (κ2) is 4.69. The van der Waals surface area contributed by atoms with Crippen molar-refractivity contribution in [3.8, 4) is 0 Å². The quantitative estimate of drug-likeness (QED) is 0.547. The van der Waals surface area contributed by atoms with Gasteiger partial charge in [0.05, 0.1) is 0 Å². The van der Waals surface area contributed by atoms with Crippen LogP contribution < -0.4 is 0 Å². The first kappa shape index (κ1) is 11.7. The molecule has 0 aromatic carbocycles. The van der Waals surface area contributed by atoms with E-state index in [0.29, 0.717) is 5.41 Å². The standard InChI is InChI=1S/C12H24/c1-7-10(2)8-11(3)9-12(4,5)6/h8,10H,7,9H2,1-6H3. The molecule has 1 unspecified atom stereocenters. The molecule has 0 radical (unpaired) electrons. The smallest absolute Gasteiger partial charge is 0.0262 e. The van der Waals surface area contributed by atoms with Crippen LogP contribution in [0.15, 0.2) is 11.6 Å². The fourth-order valence-electron chi connectivity index (χ4n) is 1.50. The zero-order valence-electron chi connectivity index (χ0n) is 9.57. The molecule has 0 nitrogen and oxygen atoms in total. The molecular formula is C12H24. The van der Waals surface area contributed by atoms with Crippen LogP contribution in [-0.4, -0.2) is 0 Å². The van der Waals surface area contributed by atoms with E-state index in [1.54, 1.807) is 0 Å². The second-order valence-electron chi connectivity index (χ2n) is 5.14. The molecular weight excluding hydrogens is 144 g/mol. The molecule has 12 heavy (non-hydrogen) atoms. The van der Waals surface area contributed by atoms with E-state index in [4.69, 9.17) is 0 Å². The summed E-state index contributed by atoms with van der Waals surface area (Å²) in [6, 6.07) is 0. The highest BCUT2D eigenvalue weighted by atomic mass is 14.2. The first-order chi connectivity index (χ1) is 5.35. The van der Waals surface area contributed by atoms with Gasteiger partial charge in [-0.25, -0.2) is 0 Å². The van der Waals surface area contributed by atoms with Gasteiger partial charge in [0, 0.05) is 0 Å². The molecule has 0 fully saturated rings. The molecule has 0 spiro atoms. The maximum absolute atomic E-state index is 2.41. The van der Waals surface area contributed by atoms with Crippen molar-refractivity contribution in [1.82, 2.24) is 0 Å². The van der Waals surface area contributed by atoms with Crippen LogP contribution >= 0.6 is 0 Å². The van der Waals surface area contributed by atoms with Crippen LogP contribution in [-0.2, 0) is 0 Å². The minimum Gasteiger partial charge on any atom is -0.0828 e. The molecule has 0 saturated heterocycles. The zero-order chi connectivity index (χ0) is 9.78. The summed E-state index contributed by atoms with van der Waals surface area (Å²) >= 11 is 0. The summed E-state index contributed by atoms with van der Waals surface area (Å²) in [6.07, 6.45) is 4.88. The number of hydrogen-bond acceptors (Lipinski definition) is 0. The van der Waals surface area contributed by atoms with E-state index in [-0.39, 0.29) is 0 Å². The van der Waals surface area contributed by atoms with Gasteiger partial charge in [-0.2, -0.15) is 0 Å². The zero-order valence-corrected chi connectivity index (χ0v) is 9.57. The van der Waals surface area contributed by atoms with Gasteiger partial charge in [-0.1, -0.05) is 52.7 Å². The van der Waals surface area contributed by atoms with Crippen molar-refractivity contribution in [1.29, 1.82) is 0 Å². The molecule has 0 aliphatic carbocycles. The van der Waals surface area contributed by atoms with E-state index >= 15 is 0 Å². The first-order valence-corrected chi connectivity index (χ1v) is 5.02. The summed E-state index contributed by atoms with van der Waals surface area (Å²) in [5.41, 5.74) is 1.98. The molecule has 0 saturated carbocycles. The molecule has 0 aliphatic heterocycles. The predicted molar refractivity (Wildman–Crippen MR) is 57.3 cm³/mol. The van der Waals surface area contributed by atoms with Crippen molar-refractivity contribution in [3.05, 3.63) is 11.6 Å². The van der Waals surface area contributed by atoms with Crippen molar-refractivity contribution < 1.29 is 0 Å². The lowest BCUT2D eigenvalue weighted by molar-refractivity contribution is 0.408. The maximum Gasteiger partial charge on any atom is -0.0262 e. The van der Waals surface area contributed by atoms with Gasteiger partial charge in [0.15, 0.2) is 0 Å². The number of rotatable bonds is 3. The third-order valence-corrected chi connectivity index (χ3v) is 2.02. The predicted octanol–water partition coefficient (Wildman–Crippen LogP) is 4.42. The summed E-state index contributed by atoms with van der Waals surface area (Å²) in [5.74, 6) is 0.743. The highest BCUT2D eigenvalue weighted by Gasteiger charge is 2.10. The summed E-state index contributed by atoms with van der Waals surface area (Å²) in [5, 5.41) is 0. The van der Waals surface area contributed by atoms with Crippen LogP contribution in [0.4, 0.5) is 0 Å². The Kier molecular flexibility index (Phi) is 4.59. The van der Waals surface area contributed by atoms with E-state index in [2.05, 4.69) is 47.6 Å².